The maximum absolute atomic E-state index is 4.26. The third-order valence-electron chi connectivity index (χ3n) is 2.82. The van der Waals surface area contributed by atoms with Gasteiger partial charge in [-0.3, -0.25) is 0 Å². The molecule has 0 N–H and O–H groups in total. The van der Waals surface area contributed by atoms with Crippen molar-refractivity contribution in [1.29, 1.82) is 0 Å². The molecule has 1 aliphatic heterocycles. The van der Waals surface area contributed by atoms with Crippen LogP contribution in [0, 0.1) is 5.92 Å². The van der Waals surface area contributed by atoms with E-state index in [1.165, 1.54) is 17.5 Å². The van der Waals surface area contributed by atoms with E-state index in [2.05, 4.69) is 34.5 Å². The highest BCUT2D eigenvalue weighted by molar-refractivity contribution is 5.36. The van der Waals surface area contributed by atoms with E-state index >= 15 is 0 Å². The van der Waals surface area contributed by atoms with Crippen LogP contribution in [0.3, 0.4) is 0 Å². The lowest BCUT2D eigenvalue weighted by molar-refractivity contribution is 0.542. The van der Waals surface area contributed by atoms with E-state index in [4.69, 9.17) is 0 Å². The quantitative estimate of drug-likeness (QED) is 0.553. The van der Waals surface area contributed by atoms with Crippen molar-refractivity contribution in [2.24, 2.45) is 16.1 Å². The molecule has 2 nitrogen and oxygen atoms in total. The number of hydrogen-bond donors (Lipinski definition) is 0. The molecule has 0 spiro atoms. The molecule has 1 aromatic carbocycles. The first-order chi connectivity index (χ1) is 5.95. The van der Waals surface area contributed by atoms with Crippen molar-refractivity contribution in [2.45, 2.75) is 12.5 Å². The molecule has 2 unspecified atom stereocenters. The number of fused-ring (bicyclic) bond motifs is 3. The first-order valence-electron chi connectivity index (χ1n) is 4.39. The lowest BCUT2D eigenvalue weighted by atomic mass is 10.0. The average Bonchev–Trinajstić information content (AvgIpc) is 2.62. The minimum Gasteiger partial charge on any atom is -0.193 e. The topological polar surface area (TPSA) is 24.7 Å². The predicted octanol–water partition coefficient (Wildman–Crippen LogP) is 2.37. The second-order valence-electron chi connectivity index (χ2n) is 3.55. The zero-order chi connectivity index (χ0) is 7.97. The number of azo groups is 1. The first-order valence-corrected chi connectivity index (χ1v) is 4.39. The summed E-state index contributed by atoms with van der Waals surface area (Å²) in [7, 11) is 0. The van der Waals surface area contributed by atoms with Crippen LogP contribution >= 0.6 is 0 Å². The Labute approximate surface area is 71.3 Å². The van der Waals surface area contributed by atoms with Gasteiger partial charge in [-0.05, 0) is 17.5 Å². The third-order valence-corrected chi connectivity index (χ3v) is 2.82. The summed E-state index contributed by atoms with van der Waals surface area (Å²) in [6.45, 7) is 0.930. The van der Waals surface area contributed by atoms with Crippen LogP contribution in [0.5, 0.6) is 0 Å². The molecular formula is C10H10N2. The van der Waals surface area contributed by atoms with E-state index in [1.807, 2.05) is 0 Å². The molecule has 1 aliphatic carbocycles. The van der Waals surface area contributed by atoms with E-state index in [0.29, 0.717) is 12.0 Å². The fraction of sp³-hybridized carbons (Fsp3) is 0.400. The Morgan fingerprint density at radius 2 is 2.17 bits per heavy atom. The van der Waals surface area contributed by atoms with Crippen LogP contribution in [0.25, 0.3) is 0 Å². The fourth-order valence-corrected chi connectivity index (χ4v) is 2.22. The molecule has 0 amide bonds. The standard InChI is InChI=1S/C10H10N2/c1-2-4-9-7(3-1)5-8-6-11-12-10(8)9/h1-4,8,10H,5-6H2. The lowest BCUT2D eigenvalue weighted by Crippen LogP contribution is -2.02. The number of hydrogen-bond acceptors (Lipinski definition) is 2. The van der Waals surface area contributed by atoms with Crippen molar-refractivity contribution in [3.63, 3.8) is 0 Å². The Bertz CT molecular complexity index is 343. The molecule has 2 heteroatoms. The summed E-state index contributed by atoms with van der Waals surface area (Å²) >= 11 is 0. The summed E-state index contributed by atoms with van der Waals surface area (Å²) < 4.78 is 0. The largest absolute Gasteiger partial charge is 0.193 e. The van der Waals surface area contributed by atoms with Gasteiger partial charge in [0.2, 0.25) is 0 Å². The third kappa shape index (κ3) is 0.697. The minimum absolute atomic E-state index is 0.390. The molecule has 1 aromatic rings. The number of nitrogens with zero attached hydrogens (tertiary/aromatic N) is 2. The van der Waals surface area contributed by atoms with Crippen molar-refractivity contribution in [2.75, 3.05) is 6.54 Å². The van der Waals surface area contributed by atoms with Crippen LogP contribution in [-0.2, 0) is 6.42 Å². The van der Waals surface area contributed by atoms with Crippen LogP contribution in [0.15, 0.2) is 34.5 Å². The van der Waals surface area contributed by atoms with Gasteiger partial charge in [0.1, 0.15) is 6.04 Å². The van der Waals surface area contributed by atoms with Gasteiger partial charge in [0.15, 0.2) is 0 Å². The normalized spacial score (nSPS) is 30.3. The Morgan fingerprint density at radius 3 is 3.17 bits per heavy atom. The van der Waals surface area contributed by atoms with Gasteiger partial charge in [0, 0.05) is 5.92 Å². The van der Waals surface area contributed by atoms with Gasteiger partial charge >= 0.3 is 0 Å². The molecule has 2 atom stereocenters. The summed E-state index contributed by atoms with van der Waals surface area (Å²) in [6.07, 6.45) is 1.17. The summed E-state index contributed by atoms with van der Waals surface area (Å²) in [5.74, 6) is 0.669. The lowest BCUT2D eigenvalue weighted by Gasteiger charge is -2.03. The van der Waals surface area contributed by atoms with Gasteiger partial charge in [0.25, 0.3) is 0 Å². The maximum atomic E-state index is 4.26. The Morgan fingerprint density at radius 1 is 1.25 bits per heavy atom. The fourth-order valence-electron chi connectivity index (χ4n) is 2.22. The zero-order valence-electron chi connectivity index (χ0n) is 6.77. The molecule has 1 heterocycles. The average molecular weight is 158 g/mol. The van der Waals surface area contributed by atoms with Crippen LogP contribution in [-0.4, -0.2) is 6.54 Å². The van der Waals surface area contributed by atoms with Gasteiger partial charge in [-0.25, -0.2) is 0 Å². The molecule has 0 fully saturated rings. The minimum atomic E-state index is 0.390. The van der Waals surface area contributed by atoms with Crippen LogP contribution < -0.4 is 0 Å². The molecule has 0 saturated heterocycles. The van der Waals surface area contributed by atoms with Crippen molar-refractivity contribution < 1.29 is 0 Å². The highest BCUT2D eigenvalue weighted by Gasteiger charge is 2.34. The van der Waals surface area contributed by atoms with Gasteiger partial charge in [0.05, 0.1) is 6.54 Å². The van der Waals surface area contributed by atoms with E-state index in [0.717, 1.165) is 6.54 Å². The molecule has 60 valence electrons. The van der Waals surface area contributed by atoms with Crippen molar-refractivity contribution in [3.8, 4) is 0 Å². The maximum Gasteiger partial charge on any atom is 0.101 e. The molecule has 12 heavy (non-hydrogen) atoms. The molecule has 3 rings (SSSR count). The summed E-state index contributed by atoms with van der Waals surface area (Å²) in [5, 5.41) is 8.36. The molecule has 0 bridgehead atoms. The van der Waals surface area contributed by atoms with Crippen molar-refractivity contribution >= 4 is 0 Å². The SMILES string of the molecule is c1ccc2c(c1)CC1CN=NC21. The second-order valence-corrected chi connectivity index (χ2v) is 3.55. The molecule has 0 radical (unpaired) electrons. The monoisotopic (exact) mass is 158 g/mol. The van der Waals surface area contributed by atoms with Gasteiger partial charge in [-0.1, -0.05) is 24.3 Å². The Balaban J connectivity index is 2.14. The zero-order valence-corrected chi connectivity index (χ0v) is 6.77. The van der Waals surface area contributed by atoms with E-state index < -0.39 is 0 Å². The van der Waals surface area contributed by atoms with Crippen molar-refractivity contribution in [3.05, 3.63) is 35.4 Å². The molecule has 0 aromatic heterocycles. The predicted molar refractivity (Wildman–Crippen MR) is 46.1 cm³/mol. The van der Waals surface area contributed by atoms with E-state index in [1.54, 1.807) is 0 Å². The van der Waals surface area contributed by atoms with Crippen LogP contribution in [0.4, 0.5) is 0 Å². The van der Waals surface area contributed by atoms with Crippen LogP contribution in [0.1, 0.15) is 17.2 Å². The second kappa shape index (κ2) is 2.16. The Kier molecular flexibility index (Phi) is 1.14. The molecule has 2 aliphatic rings. The summed E-state index contributed by atoms with van der Waals surface area (Å²) in [6, 6.07) is 8.99. The summed E-state index contributed by atoms with van der Waals surface area (Å²) in [4.78, 5) is 0. The van der Waals surface area contributed by atoms with Gasteiger partial charge < -0.3 is 0 Å². The highest BCUT2D eigenvalue weighted by Crippen LogP contribution is 2.42. The Hall–Kier alpha value is -1.18. The summed E-state index contributed by atoms with van der Waals surface area (Å²) in [5.41, 5.74) is 2.88. The van der Waals surface area contributed by atoms with E-state index in [-0.39, 0.29) is 0 Å². The van der Waals surface area contributed by atoms with E-state index in [9.17, 15) is 0 Å². The molecule has 0 saturated carbocycles. The number of benzene rings is 1. The van der Waals surface area contributed by atoms with Gasteiger partial charge in [-0.15, -0.1) is 0 Å². The first kappa shape index (κ1) is 6.35. The number of rotatable bonds is 0. The molecular weight excluding hydrogens is 148 g/mol. The van der Waals surface area contributed by atoms with Crippen LogP contribution in [0.2, 0.25) is 0 Å². The highest BCUT2D eigenvalue weighted by atomic mass is 15.2. The smallest absolute Gasteiger partial charge is 0.101 e. The van der Waals surface area contributed by atoms with Crippen molar-refractivity contribution in [1.82, 2.24) is 0 Å². The van der Waals surface area contributed by atoms with Gasteiger partial charge in [-0.2, -0.15) is 10.2 Å².